The Morgan fingerprint density at radius 2 is 2.24 bits per heavy atom. The van der Waals surface area contributed by atoms with Gasteiger partial charge in [0.05, 0.1) is 12.2 Å². The van der Waals surface area contributed by atoms with Gasteiger partial charge in [0, 0.05) is 5.25 Å². The maximum atomic E-state index is 11.3. The van der Waals surface area contributed by atoms with E-state index >= 15 is 0 Å². The first-order valence-corrected chi connectivity index (χ1v) is 7.83. The summed E-state index contributed by atoms with van der Waals surface area (Å²) in [6, 6.07) is 0. The van der Waals surface area contributed by atoms with E-state index in [4.69, 9.17) is 9.84 Å². The second-order valence-corrected chi connectivity index (χ2v) is 5.97. The molecule has 0 spiro atoms. The number of aliphatic hydroxyl groups excluding tert-OH is 1. The zero-order chi connectivity index (χ0) is 13.1. The van der Waals surface area contributed by atoms with Crippen LogP contribution in [0.2, 0.25) is 0 Å². The van der Waals surface area contributed by atoms with E-state index in [2.05, 4.69) is 13.8 Å². The number of rotatable bonds is 8. The van der Waals surface area contributed by atoms with Gasteiger partial charge in [-0.2, -0.15) is 0 Å². The van der Waals surface area contributed by atoms with Crippen molar-refractivity contribution < 1.29 is 14.6 Å². The van der Waals surface area contributed by atoms with Crippen LogP contribution in [0, 0.1) is 0 Å². The number of hydrogen-bond donors (Lipinski definition) is 1. The summed E-state index contributed by atoms with van der Waals surface area (Å²) < 4.78 is 4.94. The normalized spacial score (nSPS) is 14.0. The molecule has 3 nitrogen and oxygen atoms in total. The molecule has 0 saturated heterocycles. The van der Waals surface area contributed by atoms with Crippen molar-refractivity contribution in [3.63, 3.8) is 0 Å². The molecular formula is C12H20O3S2. The lowest BCUT2D eigenvalue weighted by molar-refractivity contribution is -0.138. The molecule has 98 valence electrons. The van der Waals surface area contributed by atoms with Crippen LogP contribution in [0.15, 0.2) is 23.1 Å². The first-order valence-electron chi connectivity index (χ1n) is 5.56. The smallest absolute Gasteiger partial charge is 0.336 e. The highest BCUT2D eigenvalue weighted by Crippen LogP contribution is 2.28. The molecule has 0 aromatic carbocycles. The van der Waals surface area contributed by atoms with E-state index in [-0.39, 0.29) is 13.2 Å². The zero-order valence-electron chi connectivity index (χ0n) is 10.5. The summed E-state index contributed by atoms with van der Waals surface area (Å²) in [5.41, 5.74) is 0.292. The van der Waals surface area contributed by atoms with Crippen molar-refractivity contribution in [2.75, 3.05) is 13.2 Å². The van der Waals surface area contributed by atoms with Gasteiger partial charge in [0.1, 0.15) is 6.61 Å². The Labute approximate surface area is 111 Å². The topological polar surface area (TPSA) is 46.5 Å². The molecule has 0 bridgehead atoms. The number of allylic oxidation sites excluding steroid dienone is 1. The Bertz CT molecular complexity index is 275. The van der Waals surface area contributed by atoms with Crippen LogP contribution in [0.4, 0.5) is 0 Å². The van der Waals surface area contributed by atoms with Crippen LogP contribution in [0.5, 0.6) is 0 Å². The van der Waals surface area contributed by atoms with Gasteiger partial charge in [0.15, 0.2) is 0 Å². The minimum Gasteiger partial charge on any atom is -0.458 e. The summed E-state index contributed by atoms with van der Waals surface area (Å²) in [5, 5.41) is 11.4. The average molecular weight is 276 g/mol. The number of esters is 1. The van der Waals surface area contributed by atoms with Crippen LogP contribution >= 0.6 is 21.6 Å². The molecule has 5 heteroatoms. The number of ether oxygens (including phenoxy) is 1. The molecule has 1 atom stereocenters. The van der Waals surface area contributed by atoms with Gasteiger partial charge in [-0.25, -0.2) is 4.79 Å². The van der Waals surface area contributed by atoms with Gasteiger partial charge in [-0.15, -0.1) is 0 Å². The molecule has 0 fully saturated rings. The van der Waals surface area contributed by atoms with Gasteiger partial charge in [-0.3, -0.25) is 0 Å². The first kappa shape index (κ1) is 16.6. The predicted octanol–water partition coefficient (Wildman–Crippen LogP) is 3.16. The van der Waals surface area contributed by atoms with Crippen molar-refractivity contribution in [1.29, 1.82) is 0 Å². The van der Waals surface area contributed by atoms with Gasteiger partial charge in [0.25, 0.3) is 0 Å². The number of carbonyl (C=O) groups is 1. The lowest BCUT2D eigenvalue weighted by atomic mass is 10.3. The average Bonchev–Trinajstić information content (AvgIpc) is 2.34. The van der Waals surface area contributed by atoms with E-state index < -0.39 is 5.97 Å². The fourth-order valence-corrected chi connectivity index (χ4v) is 2.72. The summed E-state index contributed by atoms with van der Waals surface area (Å²) >= 11 is 0. The maximum absolute atomic E-state index is 11.3. The summed E-state index contributed by atoms with van der Waals surface area (Å²) in [6.45, 7) is 5.98. The largest absolute Gasteiger partial charge is 0.458 e. The molecule has 0 unspecified atom stereocenters. The highest BCUT2D eigenvalue weighted by molar-refractivity contribution is 8.78. The van der Waals surface area contributed by atoms with Gasteiger partial charge in [-0.1, -0.05) is 41.5 Å². The fourth-order valence-electron chi connectivity index (χ4n) is 0.764. The Morgan fingerprint density at radius 3 is 2.76 bits per heavy atom. The second-order valence-electron chi connectivity index (χ2n) is 3.35. The van der Waals surface area contributed by atoms with Crippen molar-refractivity contribution in [2.45, 2.75) is 32.4 Å². The van der Waals surface area contributed by atoms with E-state index in [1.54, 1.807) is 40.7 Å². The third-order valence-electron chi connectivity index (χ3n) is 2.04. The van der Waals surface area contributed by atoms with E-state index in [1.165, 1.54) is 0 Å². The van der Waals surface area contributed by atoms with Gasteiger partial charge in [-0.05, 0) is 24.8 Å². The molecule has 0 aliphatic rings. The van der Waals surface area contributed by atoms with Crippen LogP contribution in [-0.4, -0.2) is 29.5 Å². The second kappa shape index (κ2) is 10.7. The number of hydrogen-bond acceptors (Lipinski definition) is 5. The Balaban J connectivity index is 3.70. The van der Waals surface area contributed by atoms with Crippen molar-refractivity contribution in [3.05, 3.63) is 23.1 Å². The highest BCUT2D eigenvalue weighted by Gasteiger charge is 2.06. The van der Waals surface area contributed by atoms with Crippen molar-refractivity contribution in [1.82, 2.24) is 0 Å². The molecule has 0 radical (unpaired) electrons. The van der Waals surface area contributed by atoms with Crippen molar-refractivity contribution in [2.24, 2.45) is 0 Å². The molecule has 0 aromatic rings. The van der Waals surface area contributed by atoms with E-state index in [0.717, 1.165) is 6.42 Å². The molecule has 0 rings (SSSR count). The van der Waals surface area contributed by atoms with Crippen molar-refractivity contribution in [3.8, 4) is 0 Å². The Morgan fingerprint density at radius 1 is 1.53 bits per heavy atom. The van der Waals surface area contributed by atoms with Crippen molar-refractivity contribution >= 4 is 27.6 Å². The summed E-state index contributed by atoms with van der Waals surface area (Å²) in [4.78, 5) is 11.3. The first-order chi connectivity index (χ1) is 8.15. The molecule has 1 N–H and O–H groups in total. The highest BCUT2D eigenvalue weighted by atomic mass is 33.1. The predicted molar refractivity (Wildman–Crippen MR) is 75.9 cm³/mol. The van der Waals surface area contributed by atoms with Gasteiger partial charge >= 0.3 is 5.97 Å². The Kier molecular flexibility index (Phi) is 10.5. The molecule has 0 amide bonds. The maximum Gasteiger partial charge on any atom is 0.336 e. The number of aliphatic hydroxyl groups is 1. The zero-order valence-corrected chi connectivity index (χ0v) is 12.1. The standard InChI is InChI=1S/C12H20O3S2/c1-4-10(3)17-16-8-6-7-15-12(14)11(5-2)9-13/h5-6,8,10,13H,4,7,9H2,1-3H3/b8-6+,11-5+/t10-/m1/s1. The lowest BCUT2D eigenvalue weighted by Gasteiger charge is -2.04. The molecular weight excluding hydrogens is 256 g/mol. The number of carbonyl (C=O) groups excluding carboxylic acids is 1. The van der Waals surface area contributed by atoms with Crippen LogP contribution in [0.3, 0.4) is 0 Å². The summed E-state index contributed by atoms with van der Waals surface area (Å²) in [7, 11) is 3.43. The van der Waals surface area contributed by atoms with Gasteiger partial charge in [0.2, 0.25) is 0 Å². The van der Waals surface area contributed by atoms with E-state index in [1.807, 2.05) is 5.41 Å². The molecule has 0 aliphatic heterocycles. The quantitative estimate of drug-likeness (QED) is 0.419. The SMILES string of the molecule is C/C=C(\CO)C(=O)OC/C=C/SS[C@H](C)CC. The van der Waals surface area contributed by atoms with Crippen LogP contribution in [0.1, 0.15) is 27.2 Å². The molecule has 0 heterocycles. The van der Waals surface area contributed by atoms with Crippen LogP contribution < -0.4 is 0 Å². The molecule has 0 aromatic heterocycles. The third kappa shape index (κ3) is 8.35. The molecule has 0 saturated carbocycles. The minimum absolute atomic E-state index is 0.240. The molecule has 0 aliphatic carbocycles. The molecule has 17 heavy (non-hydrogen) atoms. The van der Waals surface area contributed by atoms with E-state index in [9.17, 15) is 4.79 Å². The van der Waals surface area contributed by atoms with Crippen LogP contribution in [-0.2, 0) is 9.53 Å². The fraction of sp³-hybridized carbons (Fsp3) is 0.583. The third-order valence-corrected chi connectivity index (χ3v) is 4.77. The van der Waals surface area contributed by atoms with Gasteiger partial charge < -0.3 is 9.84 Å². The monoisotopic (exact) mass is 276 g/mol. The summed E-state index contributed by atoms with van der Waals surface area (Å²) in [6.07, 6.45) is 4.49. The van der Waals surface area contributed by atoms with Crippen LogP contribution in [0.25, 0.3) is 0 Å². The van der Waals surface area contributed by atoms with E-state index in [0.29, 0.717) is 10.8 Å². The Hall–Kier alpha value is -0.390. The lowest BCUT2D eigenvalue weighted by Crippen LogP contribution is -2.10. The minimum atomic E-state index is -0.459. The summed E-state index contributed by atoms with van der Waals surface area (Å²) in [5.74, 6) is -0.459.